The summed E-state index contributed by atoms with van der Waals surface area (Å²) in [6.45, 7) is 9.30. The Labute approximate surface area is 157 Å². The van der Waals surface area contributed by atoms with Crippen molar-refractivity contribution in [1.82, 2.24) is 10.2 Å². The zero-order valence-electron chi connectivity index (χ0n) is 16.7. The summed E-state index contributed by atoms with van der Waals surface area (Å²) in [7, 11) is 3.60. The summed E-state index contributed by atoms with van der Waals surface area (Å²) in [5.74, 6) is 1.92. The van der Waals surface area contributed by atoms with Crippen molar-refractivity contribution in [2.75, 3.05) is 47.0 Å². The molecule has 2 aliphatic heterocycles. The van der Waals surface area contributed by atoms with Crippen molar-refractivity contribution in [3.63, 3.8) is 0 Å². The minimum absolute atomic E-state index is 0.0791. The maximum atomic E-state index is 5.66. The van der Waals surface area contributed by atoms with Gasteiger partial charge in [0.05, 0.1) is 7.11 Å². The van der Waals surface area contributed by atoms with Gasteiger partial charge in [0, 0.05) is 45.3 Å². The lowest BCUT2D eigenvalue weighted by molar-refractivity contribution is 0.0512. The molecule has 2 saturated heterocycles. The first-order valence-electron chi connectivity index (χ1n) is 9.66. The maximum Gasteiger partial charge on any atom is 0.193 e. The second kappa shape index (κ2) is 7.87. The van der Waals surface area contributed by atoms with Crippen LogP contribution in [0.2, 0.25) is 0 Å². The van der Waals surface area contributed by atoms with E-state index in [1.54, 1.807) is 7.11 Å². The molecular weight excluding hydrogens is 326 g/mol. The van der Waals surface area contributed by atoms with Gasteiger partial charge >= 0.3 is 0 Å². The van der Waals surface area contributed by atoms with E-state index in [2.05, 4.69) is 53.3 Å². The number of hydrogen-bond acceptors (Lipinski definition) is 3. The summed E-state index contributed by atoms with van der Waals surface area (Å²) >= 11 is 0. The molecule has 5 heteroatoms. The fourth-order valence-electron chi connectivity index (χ4n) is 4.15. The van der Waals surface area contributed by atoms with E-state index in [1.165, 1.54) is 12.0 Å². The summed E-state index contributed by atoms with van der Waals surface area (Å²) in [4.78, 5) is 6.94. The number of ether oxygens (including phenoxy) is 2. The number of nitrogens with zero attached hydrogens (tertiary/aromatic N) is 2. The first-order valence-corrected chi connectivity index (χ1v) is 9.66. The van der Waals surface area contributed by atoms with E-state index in [-0.39, 0.29) is 5.41 Å². The molecule has 3 rings (SSSR count). The number of likely N-dealkylation sites (tertiary alicyclic amines) is 1. The fourth-order valence-corrected chi connectivity index (χ4v) is 4.15. The van der Waals surface area contributed by atoms with Crippen molar-refractivity contribution >= 4 is 5.96 Å². The smallest absolute Gasteiger partial charge is 0.193 e. The molecule has 1 aromatic carbocycles. The third kappa shape index (κ3) is 4.14. The molecule has 2 fully saturated rings. The normalized spacial score (nSPS) is 22.3. The van der Waals surface area contributed by atoms with Crippen LogP contribution in [0.1, 0.15) is 38.7 Å². The predicted molar refractivity (Wildman–Crippen MR) is 106 cm³/mol. The lowest BCUT2D eigenvalue weighted by Gasteiger charge is -2.39. The third-order valence-electron chi connectivity index (χ3n) is 5.93. The minimum atomic E-state index is 0.0791. The molecule has 5 nitrogen and oxygen atoms in total. The van der Waals surface area contributed by atoms with Crippen molar-refractivity contribution in [2.45, 2.75) is 38.5 Å². The highest BCUT2D eigenvalue weighted by molar-refractivity contribution is 5.80. The molecule has 0 spiro atoms. The van der Waals surface area contributed by atoms with Crippen molar-refractivity contribution in [2.24, 2.45) is 10.4 Å². The Bertz CT molecular complexity index is 619. The number of rotatable bonds is 4. The molecule has 0 bridgehead atoms. The molecule has 0 aromatic heterocycles. The molecule has 1 N–H and O–H groups in total. The summed E-state index contributed by atoms with van der Waals surface area (Å²) in [6, 6.07) is 8.52. The van der Waals surface area contributed by atoms with Crippen LogP contribution in [0, 0.1) is 5.41 Å². The Kier molecular flexibility index (Phi) is 5.76. The molecule has 1 aromatic rings. The Morgan fingerprint density at radius 2 is 1.88 bits per heavy atom. The zero-order chi connectivity index (χ0) is 18.6. The molecule has 2 aliphatic rings. The van der Waals surface area contributed by atoms with Gasteiger partial charge in [-0.15, -0.1) is 0 Å². The Morgan fingerprint density at radius 1 is 1.19 bits per heavy atom. The van der Waals surface area contributed by atoms with Gasteiger partial charge in [0.15, 0.2) is 5.96 Å². The number of hydrogen-bond donors (Lipinski definition) is 1. The van der Waals surface area contributed by atoms with Gasteiger partial charge in [0.1, 0.15) is 5.75 Å². The Hall–Kier alpha value is -1.75. The van der Waals surface area contributed by atoms with Crippen LogP contribution in [-0.2, 0) is 10.2 Å². The largest absolute Gasteiger partial charge is 0.497 e. The lowest BCUT2D eigenvalue weighted by atomic mass is 9.74. The summed E-state index contributed by atoms with van der Waals surface area (Å²) in [5.41, 5.74) is 1.80. The number of aliphatic imine (C=N–C) groups is 1. The van der Waals surface area contributed by atoms with Gasteiger partial charge in [-0.1, -0.05) is 26.0 Å². The third-order valence-corrected chi connectivity index (χ3v) is 5.93. The molecular formula is C21H33N3O2. The van der Waals surface area contributed by atoms with Gasteiger partial charge in [0.2, 0.25) is 0 Å². The second-order valence-corrected chi connectivity index (χ2v) is 8.36. The number of benzene rings is 1. The molecule has 0 saturated carbocycles. The van der Waals surface area contributed by atoms with Gasteiger partial charge in [-0.2, -0.15) is 0 Å². The topological polar surface area (TPSA) is 46.1 Å². The molecule has 2 heterocycles. The van der Waals surface area contributed by atoms with Crippen LogP contribution in [0.3, 0.4) is 0 Å². The average Bonchev–Trinajstić information content (AvgIpc) is 3.03. The van der Waals surface area contributed by atoms with Gasteiger partial charge in [-0.25, -0.2) is 0 Å². The van der Waals surface area contributed by atoms with E-state index < -0.39 is 0 Å². The zero-order valence-corrected chi connectivity index (χ0v) is 16.7. The first kappa shape index (κ1) is 19.0. The van der Waals surface area contributed by atoms with Gasteiger partial charge < -0.3 is 19.7 Å². The van der Waals surface area contributed by atoms with Crippen LogP contribution in [0.15, 0.2) is 29.3 Å². The van der Waals surface area contributed by atoms with E-state index >= 15 is 0 Å². The summed E-state index contributed by atoms with van der Waals surface area (Å²) in [6.07, 6.45) is 3.26. The van der Waals surface area contributed by atoms with Crippen LogP contribution >= 0.6 is 0 Å². The van der Waals surface area contributed by atoms with Crippen LogP contribution < -0.4 is 10.1 Å². The van der Waals surface area contributed by atoms with Crippen molar-refractivity contribution in [3.05, 3.63) is 29.8 Å². The fraction of sp³-hybridized carbons (Fsp3) is 0.667. The van der Waals surface area contributed by atoms with Crippen LogP contribution in [-0.4, -0.2) is 57.9 Å². The number of methoxy groups -OCH3 is 1. The molecule has 144 valence electrons. The lowest BCUT2D eigenvalue weighted by Crippen LogP contribution is -2.49. The monoisotopic (exact) mass is 359 g/mol. The predicted octanol–water partition coefficient (Wildman–Crippen LogP) is 3.05. The highest BCUT2D eigenvalue weighted by Gasteiger charge is 2.36. The maximum absolute atomic E-state index is 5.66. The summed E-state index contributed by atoms with van der Waals surface area (Å²) < 4.78 is 11.0. The summed E-state index contributed by atoms with van der Waals surface area (Å²) in [5, 5.41) is 3.68. The van der Waals surface area contributed by atoms with Gasteiger partial charge in [-0.3, -0.25) is 4.99 Å². The first-order chi connectivity index (χ1) is 12.5. The van der Waals surface area contributed by atoms with E-state index in [0.717, 1.165) is 57.4 Å². The van der Waals surface area contributed by atoms with Crippen LogP contribution in [0.4, 0.5) is 0 Å². The number of nitrogens with one attached hydrogen (secondary N) is 1. The SMILES string of the molecule is CN=C(NCC1(c2ccc(OC)cc2)CCOCC1)N1CCC(C)(C)C1. The van der Waals surface area contributed by atoms with E-state index in [1.807, 2.05) is 7.05 Å². The van der Waals surface area contributed by atoms with Gasteiger partial charge in [-0.05, 0) is 42.4 Å². The molecule has 0 amide bonds. The van der Waals surface area contributed by atoms with Crippen molar-refractivity contribution < 1.29 is 9.47 Å². The van der Waals surface area contributed by atoms with Gasteiger partial charge in [0.25, 0.3) is 0 Å². The molecule has 0 atom stereocenters. The van der Waals surface area contributed by atoms with Crippen molar-refractivity contribution in [3.8, 4) is 5.75 Å². The highest BCUT2D eigenvalue weighted by atomic mass is 16.5. The van der Waals surface area contributed by atoms with E-state index in [4.69, 9.17) is 9.47 Å². The Morgan fingerprint density at radius 3 is 2.42 bits per heavy atom. The van der Waals surface area contributed by atoms with Crippen LogP contribution in [0.25, 0.3) is 0 Å². The standard InChI is InChI=1S/C21H33N3O2/c1-20(2)9-12-24(16-20)19(22-3)23-15-21(10-13-26-14-11-21)17-5-7-18(25-4)8-6-17/h5-8H,9-16H2,1-4H3,(H,22,23). The van der Waals surface area contributed by atoms with Crippen molar-refractivity contribution in [1.29, 1.82) is 0 Å². The second-order valence-electron chi connectivity index (χ2n) is 8.36. The van der Waals surface area contributed by atoms with E-state index in [9.17, 15) is 0 Å². The molecule has 0 aliphatic carbocycles. The minimum Gasteiger partial charge on any atom is -0.497 e. The van der Waals surface area contributed by atoms with E-state index in [0.29, 0.717) is 5.41 Å². The number of guanidine groups is 1. The molecule has 26 heavy (non-hydrogen) atoms. The quantitative estimate of drug-likeness (QED) is 0.663. The Balaban J connectivity index is 1.74. The molecule has 0 unspecified atom stereocenters. The van der Waals surface area contributed by atoms with Crippen LogP contribution in [0.5, 0.6) is 5.75 Å². The average molecular weight is 360 g/mol. The highest BCUT2D eigenvalue weighted by Crippen LogP contribution is 2.35. The molecule has 0 radical (unpaired) electrons.